The van der Waals surface area contributed by atoms with Crippen LogP contribution in [0.1, 0.15) is 78.2 Å². The number of ketones is 1. The van der Waals surface area contributed by atoms with Gasteiger partial charge in [-0.1, -0.05) is 63.1 Å². The van der Waals surface area contributed by atoms with Gasteiger partial charge >= 0.3 is 0 Å². The molecule has 2 aliphatic rings. The van der Waals surface area contributed by atoms with Gasteiger partial charge in [-0.15, -0.1) is 0 Å². The van der Waals surface area contributed by atoms with Crippen LogP contribution in [0.4, 0.5) is 0 Å². The van der Waals surface area contributed by atoms with E-state index in [0.29, 0.717) is 12.3 Å². The highest BCUT2D eigenvalue weighted by molar-refractivity contribution is 5.81. The highest BCUT2D eigenvalue weighted by Gasteiger charge is 2.28. The van der Waals surface area contributed by atoms with Gasteiger partial charge in [-0.25, -0.2) is 0 Å². The number of carbonyl (C=O) groups excluding carboxylic acids is 3. The summed E-state index contributed by atoms with van der Waals surface area (Å²) in [6, 6.07) is 1.49. The van der Waals surface area contributed by atoms with E-state index in [1.807, 2.05) is 27.8 Å². The fraction of sp³-hybridized carbons (Fsp3) is 0.630. The van der Waals surface area contributed by atoms with Crippen LogP contribution in [-0.4, -0.2) is 54.2 Å². The third kappa shape index (κ3) is 13.9. The standard InChI is InChI=1S/C11H14N2O3.C8H13N.C5H10O.C3H8/c1-8-5-10(16-12-8)6-11(15)13-4-2-3-9(13)7-14;1-9-7-8-5-3-2-4-6-8;1-4(2)5(3)6;1-3-2/h5,7,9H,2-4,6H2,1H3;2-3,5,9H,4,6-7H2,1H3;4H,1-3H3;3H2,1-2H3. The van der Waals surface area contributed by atoms with Gasteiger partial charge in [0.1, 0.15) is 17.8 Å². The summed E-state index contributed by atoms with van der Waals surface area (Å²) in [5, 5.41) is 6.86. The molecule has 1 N–H and O–H groups in total. The van der Waals surface area contributed by atoms with Crippen molar-refractivity contribution in [1.29, 1.82) is 0 Å². The molecule has 1 unspecified atom stereocenters. The van der Waals surface area contributed by atoms with Crippen LogP contribution in [0.2, 0.25) is 0 Å². The number of hydrogen-bond acceptors (Lipinski definition) is 6. The number of hydrogen-bond donors (Lipinski definition) is 1. The van der Waals surface area contributed by atoms with Crippen molar-refractivity contribution in [1.82, 2.24) is 15.4 Å². The molecular weight excluding hydrogens is 430 g/mol. The van der Waals surface area contributed by atoms with Crippen LogP contribution in [0, 0.1) is 12.8 Å². The third-order valence-corrected chi connectivity index (χ3v) is 5.10. The molecule has 34 heavy (non-hydrogen) atoms. The Bertz CT molecular complexity index is 781. The summed E-state index contributed by atoms with van der Waals surface area (Å²) in [7, 11) is 1.99. The van der Waals surface area contributed by atoms with Gasteiger partial charge in [0.05, 0.1) is 18.2 Å². The Labute approximate surface area is 206 Å². The van der Waals surface area contributed by atoms with Crippen molar-refractivity contribution in [3.63, 3.8) is 0 Å². The molecule has 0 spiro atoms. The first-order valence-corrected chi connectivity index (χ1v) is 12.4. The molecule has 7 heteroatoms. The van der Waals surface area contributed by atoms with Crippen molar-refractivity contribution < 1.29 is 18.9 Å². The molecule has 1 aliphatic heterocycles. The largest absolute Gasteiger partial charge is 0.361 e. The predicted octanol–water partition coefficient (Wildman–Crippen LogP) is 4.85. The lowest BCUT2D eigenvalue weighted by Crippen LogP contribution is -2.37. The Hall–Kier alpha value is -2.54. The fourth-order valence-corrected chi connectivity index (χ4v) is 3.02. The minimum Gasteiger partial charge on any atom is -0.361 e. The second-order valence-electron chi connectivity index (χ2n) is 8.84. The molecule has 192 valence electrons. The van der Waals surface area contributed by atoms with E-state index in [0.717, 1.165) is 31.4 Å². The summed E-state index contributed by atoms with van der Waals surface area (Å²) < 4.78 is 4.98. The van der Waals surface area contributed by atoms with Gasteiger partial charge in [-0.3, -0.25) is 9.59 Å². The number of aldehydes is 1. The topological polar surface area (TPSA) is 92.5 Å². The first-order valence-electron chi connectivity index (χ1n) is 12.4. The average Bonchev–Trinajstić information content (AvgIpc) is 3.45. The van der Waals surface area contributed by atoms with Crippen LogP contribution in [0.3, 0.4) is 0 Å². The number of nitrogens with one attached hydrogen (secondary N) is 1. The number of allylic oxidation sites excluding steroid dienone is 3. The van der Waals surface area contributed by atoms with Crippen molar-refractivity contribution in [2.24, 2.45) is 5.92 Å². The molecule has 0 aromatic carbocycles. The second kappa shape index (κ2) is 18.8. The molecule has 1 amide bonds. The Morgan fingerprint density at radius 1 is 1.32 bits per heavy atom. The zero-order valence-electron chi connectivity index (χ0n) is 22.2. The van der Waals surface area contributed by atoms with E-state index in [9.17, 15) is 14.4 Å². The lowest BCUT2D eigenvalue weighted by atomic mass is 10.1. The van der Waals surface area contributed by atoms with Crippen molar-refractivity contribution >= 4 is 18.0 Å². The number of rotatable bonds is 6. The number of aromatic nitrogens is 1. The highest BCUT2D eigenvalue weighted by Crippen LogP contribution is 2.17. The van der Waals surface area contributed by atoms with E-state index >= 15 is 0 Å². The van der Waals surface area contributed by atoms with Crippen LogP contribution in [0.15, 0.2) is 34.4 Å². The molecule has 1 fully saturated rings. The fourth-order valence-electron chi connectivity index (χ4n) is 3.02. The summed E-state index contributed by atoms with van der Waals surface area (Å²) in [4.78, 5) is 34.4. The lowest BCUT2D eigenvalue weighted by Gasteiger charge is -2.19. The maximum absolute atomic E-state index is 11.9. The molecule has 0 saturated carbocycles. The summed E-state index contributed by atoms with van der Waals surface area (Å²) in [5.41, 5.74) is 2.27. The lowest BCUT2D eigenvalue weighted by molar-refractivity contribution is -0.134. The SMILES string of the molecule is CC(=O)C(C)C.CCC.CNCC1=CC=CCC1.Cc1cc(CC(=O)N2CCCC2C=O)on1. The molecule has 1 aliphatic carbocycles. The molecule has 1 saturated heterocycles. The number of amides is 1. The highest BCUT2D eigenvalue weighted by atomic mass is 16.5. The van der Waals surface area contributed by atoms with E-state index in [4.69, 9.17) is 4.52 Å². The number of carbonyl (C=O) groups is 3. The normalized spacial score (nSPS) is 16.3. The Balaban J connectivity index is 0.000000511. The van der Waals surface area contributed by atoms with Gasteiger partial charge in [0, 0.05) is 25.1 Å². The molecule has 2 heterocycles. The Morgan fingerprint density at radius 3 is 2.41 bits per heavy atom. The zero-order chi connectivity index (χ0) is 25.9. The van der Waals surface area contributed by atoms with E-state index in [1.165, 1.54) is 24.8 Å². The monoisotopic (exact) mass is 475 g/mol. The van der Waals surface area contributed by atoms with Gasteiger partial charge in [-0.2, -0.15) is 0 Å². The van der Waals surface area contributed by atoms with Gasteiger partial charge in [0.15, 0.2) is 0 Å². The van der Waals surface area contributed by atoms with Crippen LogP contribution >= 0.6 is 0 Å². The predicted molar refractivity (Wildman–Crippen MR) is 138 cm³/mol. The van der Waals surface area contributed by atoms with Crippen molar-refractivity contribution in [2.45, 2.75) is 86.1 Å². The molecular formula is C27H45N3O4. The molecule has 1 aromatic heterocycles. The number of likely N-dealkylation sites (tertiary alicyclic amines) is 1. The number of nitrogens with zero attached hydrogens (tertiary/aromatic N) is 2. The maximum Gasteiger partial charge on any atom is 0.230 e. The molecule has 7 nitrogen and oxygen atoms in total. The first-order chi connectivity index (χ1) is 16.2. The van der Waals surface area contributed by atoms with Gasteiger partial charge < -0.3 is 19.5 Å². The van der Waals surface area contributed by atoms with Crippen LogP contribution < -0.4 is 5.32 Å². The number of likely N-dealkylation sites (N-methyl/N-ethyl adjacent to an activating group) is 1. The van der Waals surface area contributed by atoms with Gasteiger partial charge in [0.2, 0.25) is 5.91 Å². The molecule has 0 radical (unpaired) electrons. The van der Waals surface area contributed by atoms with E-state index in [-0.39, 0.29) is 30.1 Å². The Kier molecular flexibility index (Phi) is 17.4. The first kappa shape index (κ1) is 31.5. The average molecular weight is 476 g/mol. The smallest absolute Gasteiger partial charge is 0.230 e. The molecule has 3 rings (SSSR count). The van der Waals surface area contributed by atoms with Gasteiger partial charge in [-0.05, 0) is 46.6 Å². The second-order valence-corrected chi connectivity index (χ2v) is 8.84. The summed E-state index contributed by atoms with van der Waals surface area (Å²) in [6.07, 6.45) is 12.9. The number of Topliss-reactive ketones (excluding diaryl/α,β-unsaturated/α-hetero) is 1. The summed E-state index contributed by atoms with van der Waals surface area (Å²) in [6.45, 7) is 13.1. The van der Waals surface area contributed by atoms with E-state index in [2.05, 4.69) is 42.5 Å². The van der Waals surface area contributed by atoms with Crippen LogP contribution in [0.5, 0.6) is 0 Å². The molecule has 0 bridgehead atoms. The quantitative estimate of drug-likeness (QED) is 0.592. The van der Waals surface area contributed by atoms with E-state index in [1.54, 1.807) is 17.9 Å². The van der Waals surface area contributed by atoms with Crippen molar-refractivity contribution in [3.05, 3.63) is 41.3 Å². The zero-order valence-corrected chi connectivity index (χ0v) is 22.2. The van der Waals surface area contributed by atoms with Crippen LogP contribution in [-0.2, 0) is 20.8 Å². The minimum atomic E-state index is -0.253. The van der Waals surface area contributed by atoms with E-state index < -0.39 is 0 Å². The van der Waals surface area contributed by atoms with Crippen LogP contribution in [0.25, 0.3) is 0 Å². The molecule has 1 atom stereocenters. The Morgan fingerprint density at radius 2 is 1.97 bits per heavy atom. The maximum atomic E-state index is 11.9. The van der Waals surface area contributed by atoms with Crippen molar-refractivity contribution in [2.75, 3.05) is 20.1 Å². The summed E-state index contributed by atoms with van der Waals surface area (Å²) >= 11 is 0. The number of aryl methyl sites for hydroxylation is 1. The summed E-state index contributed by atoms with van der Waals surface area (Å²) in [5.74, 6) is 0.963. The minimum absolute atomic E-state index is 0.0641. The molecule has 1 aromatic rings. The van der Waals surface area contributed by atoms with Crippen molar-refractivity contribution in [3.8, 4) is 0 Å². The third-order valence-electron chi connectivity index (χ3n) is 5.10. The van der Waals surface area contributed by atoms with Gasteiger partial charge in [0.25, 0.3) is 0 Å².